The number of nitrogens with zero attached hydrogens (tertiary/aromatic N) is 1. The van der Waals surface area contributed by atoms with Crippen LogP contribution in [-0.2, 0) is 17.8 Å². The summed E-state index contributed by atoms with van der Waals surface area (Å²) in [4.78, 5) is 2.45. The minimum atomic E-state index is 0.313. The lowest BCUT2D eigenvalue weighted by atomic mass is 10.2. The van der Waals surface area contributed by atoms with Gasteiger partial charge in [0.1, 0.15) is 11.5 Å². The molecule has 0 aromatic carbocycles. The minimum absolute atomic E-state index is 0.313. The maximum Gasteiger partial charge on any atom is 0.118 e. The molecule has 2 heterocycles. The second-order valence-corrected chi connectivity index (χ2v) is 6.28. The highest BCUT2D eigenvalue weighted by atomic mass is 16.5. The first-order chi connectivity index (χ1) is 9.44. The van der Waals surface area contributed by atoms with Crippen LogP contribution >= 0.6 is 0 Å². The third-order valence-electron chi connectivity index (χ3n) is 3.65. The van der Waals surface area contributed by atoms with Gasteiger partial charge in [-0.2, -0.15) is 0 Å². The molecule has 2 atom stereocenters. The van der Waals surface area contributed by atoms with E-state index in [0.717, 1.165) is 37.7 Å². The van der Waals surface area contributed by atoms with Crippen LogP contribution < -0.4 is 5.32 Å². The molecule has 4 heteroatoms. The van der Waals surface area contributed by atoms with Gasteiger partial charge in [-0.1, -0.05) is 13.8 Å². The van der Waals surface area contributed by atoms with Gasteiger partial charge in [0.2, 0.25) is 0 Å². The van der Waals surface area contributed by atoms with E-state index in [-0.39, 0.29) is 0 Å². The summed E-state index contributed by atoms with van der Waals surface area (Å²) in [5.41, 5.74) is 1.30. The molecule has 0 saturated carbocycles. The molecule has 4 nitrogen and oxygen atoms in total. The van der Waals surface area contributed by atoms with Crippen molar-refractivity contribution in [3.8, 4) is 0 Å². The van der Waals surface area contributed by atoms with E-state index in [4.69, 9.17) is 9.15 Å². The summed E-state index contributed by atoms with van der Waals surface area (Å²) in [7, 11) is 0. The van der Waals surface area contributed by atoms with Crippen LogP contribution in [0.4, 0.5) is 0 Å². The van der Waals surface area contributed by atoms with E-state index >= 15 is 0 Å². The summed E-state index contributed by atoms with van der Waals surface area (Å²) in [5.74, 6) is 2.07. The van der Waals surface area contributed by atoms with Crippen LogP contribution in [0, 0.1) is 6.92 Å². The van der Waals surface area contributed by atoms with Gasteiger partial charge < -0.3 is 14.5 Å². The van der Waals surface area contributed by atoms with Crippen molar-refractivity contribution >= 4 is 0 Å². The number of ether oxygens (including phenoxy) is 1. The Labute approximate surface area is 122 Å². The molecule has 1 aromatic rings. The van der Waals surface area contributed by atoms with Crippen molar-refractivity contribution in [1.82, 2.24) is 10.2 Å². The number of hydrogen-bond donors (Lipinski definition) is 1. The molecule has 1 aromatic heterocycles. The average Bonchev–Trinajstić information content (AvgIpc) is 2.66. The molecule has 1 aliphatic heterocycles. The Kier molecular flexibility index (Phi) is 5.24. The van der Waals surface area contributed by atoms with E-state index in [1.165, 1.54) is 5.56 Å². The summed E-state index contributed by atoms with van der Waals surface area (Å²) in [5, 5.41) is 3.39. The van der Waals surface area contributed by atoms with Gasteiger partial charge in [0.25, 0.3) is 0 Å². The quantitative estimate of drug-likeness (QED) is 0.900. The molecule has 1 aliphatic rings. The maximum absolute atomic E-state index is 5.84. The Hall–Kier alpha value is -0.840. The van der Waals surface area contributed by atoms with Gasteiger partial charge in [-0.15, -0.1) is 0 Å². The van der Waals surface area contributed by atoms with Crippen molar-refractivity contribution in [2.24, 2.45) is 0 Å². The molecular formula is C16H28N2O2. The van der Waals surface area contributed by atoms with E-state index in [0.29, 0.717) is 18.2 Å². The summed E-state index contributed by atoms with van der Waals surface area (Å²) in [6.07, 6.45) is 0.626. The van der Waals surface area contributed by atoms with Gasteiger partial charge in [-0.05, 0) is 26.8 Å². The molecule has 0 bridgehead atoms. The standard InChI is InChI=1S/C16H28N2O2/c1-11(2)17-7-16-6-15(14(5)20-16)10-18-8-12(3)19-13(4)9-18/h6,11-13,17H,7-10H2,1-5H3/t12-,13+. The SMILES string of the molecule is Cc1oc(CNC(C)C)cc1CN1C[C@@H](C)O[C@@H](C)C1. The van der Waals surface area contributed by atoms with Gasteiger partial charge in [0, 0.05) is 31.2 Å². The van der Waals surface area contributed by atoms with Crippen LogP contribution in [0.25, 0.3) is 0 Å². The zero-order chi connectivity index (χ0) is 14.7. The highest BCUT2D eigenvalue weighted by molar-refractivity contribution is 5.21. The van der Waals surface area contributed by atoms with Crippen molar-refractivity contribution < 1.29 is 9.15 Å². The molecule has 1 fully saturated rings. The fourth-order valence-electron chi connectivity index (χ4n) is 2.79. The fourth-order valence-corrected chi connectivity index (χ4v) is 2.79. The van der Waals surface area contributed by atoms with Gasteiger partial charge >= 0.3 is 0 Å². The van der Waals surface area contributed by atoms with Crippen molar-refractivity contribution in [3.63, 3.8) is 0 Å². The molecule has 1 saturated heterocycles. The molecule has 0 radical (unpaired) electrons. The lowest BCUT2D eigenvalue weighted by Crippen LogP contribution is -2.44. The first-order valence-electron chi connectivity index (χ1n) is 7.63. The van der Waals surface area contributed by atoms with Crippen molar-refractivity contribution in [2.45, 2.75) is 66.0 Å². The van der Waals surface area contributed by atoms with Crippen molar-refractivity contribution in [1.29, 1.82) is 0 Å². The second kappa shape index (κ2) is 6.74. The van der Waals surface area contributed by atoms with Crippen LogP contribution in [0.2, 0.25) is 0 Å². The molecule has 0 spiro atoms. The molecule has 114 valence electrons. The lowest BCUT2D eigenvalue weighted by molar-refractivity contribution is -0.0705. The number of rotatable bonds is 5. The highest BCUT2D eigenvalue weighted by Crippen LogP contribution is 2.19. The van der Waals surface area contributed by atoms with Gasteiger partial charge in [0.05, 0.1) is 18.8 Å². The van der Waals surface area contributed by atoms with E-state index in [9.17, 15) is 0 Å². The number of nitrogens with one attached hydrogen (secondary N) is 1. The Morgan fingerprint density at radius 2 is 1.95 bits per heavy atom. The molecule has 20 heavy (non-hydrogen) atoms. The number of furan rings is 1. The Balaban J connectivity index is 1.95. The van der Waals surface area contributed by atoms with Crippen LogP contribution in [0.5, 0.6) is 0 Å². The third kappa shape index (κ3) is 4.33. The normalized spacial score (nSPS) is 24.5. The molecule has 1 N–H and O–H groups in total. The predicted molar refractivity (Wildman–Crippen MR) is 80.7 cm³/mol. The molecule has 0 amide bonds. The Bertz CT molecular complexity index is 418. The molecule has 0 unspecified atom stereocenters. The summed E-state index contributed by atoms with van der Waals surface area (Å²) in [6, 6.07) is 2.67. The molecular weight excluding hydrogens is 252 g/mol. The van der Waals surface area contributed by atoms with E-state index in [1.807, 2.05) is 0 Å². The van der Waals surface area contributed by atoms with E-state index < -0.39 is 0 Å². The second-order valence-electron chi connectivity index (χ2n) is 6.28. The third-order valence-corrected chi connectivity index (χ3v) is 3.65. The average molecular weight is 280 g/mol. The number of aryl methyl sites for hydroxylation is 1. The van der Waals surface area contributed by atoms with Crippen LogP contribution in [0.1, 0.15) is 44.8 Å². The highest BCUT2D eigenvalue weighted by Gasteiger charge is 2.23. The summed E-state index contributed by atoms with van der Waals surface area (Å²) >= 11 is 0. The zero-order valence-electron chi connectivity index (χ0n) is 13.4. The predicted octanol–water partition coefficient (Wildman–Crippen LogP) is 2.70. The first-order valence-corrected chi connectivity index (χ1v) is 7.63. The summed E-state index contributed by atoms with van der Waals surface area (Å²) in [6.45, 7) is 14.4. The van der Waals surface area contributed by atoms with Crippen LogP contribution in [0.3, 0.4) is 0 Å². The minimum Gasteiger partial charge on any atom is -0.465 e. The van der Waals surface area contributed by atoms with Crippen molar-refractivity contribution in [3.05, 3.63) is 23.2 Å². The van der Waals surface area contributed by atoms with Crippen LogP contribution in [0.15, 0.2) is 10.5 Å². The topological polar surface area (TPSA) is 37.6 Å². The first kappa shape index (κ1) is 15.5. The molecule has 0 aliphatic carbocycles. The summed E-state index contributed by atoms with van der Waals surface area (Å²) < 4.78 is 11.6. The van der Waals surface area contributed by atoms with E-state index in [2.05, 4.69) is 50.9 Å². The van der Waals surface area contributed by atoms with Crippen LogP contribution in [-0.4, -0.2) is 36.2 Å². The number of morpholine rings is 1. The van der Waals surface area contributed by atoms with E-state index in [1.54, 1.807) is 0 Å². The van der Waals surface area contributed by atoms with Gasteiger partial charge in [-0.3, -0.25) is 4.90 Å². The zero-order valence-corrected chi connectivity index (χ0v) is 13.4. The fraction of sp³-hybridized carbons (Fsp3) is 0.750. The van der Waals surface area contributed by atoms with Gasteiger partial charge in [0.15, 0.2) is 0 Å². The monoisotopic (exact) mass is 280 g/mol. The van der Waals surface area contributed by atoms with Crippen molar-refractivity contribution in [2.75, 3.05) is 13.1 Å². The number of hydrogen-bond acceptors (Lipinski definition) is 4. The largest absolute Gasteiger partial charge is 0.465 e. The Morgan fingerprint density at radius 3 is 2.55 bits per heavy atom. The van der Waals surface area contributed by atoms with Gasteiger partial charge in [-0.25, -0.2) is 0 Å². The maximum atomic E-state index is 5.84. The smallest absolute Gasteiger partial charge is 0.118 e. The lowest BCUT2D eigenvalue weighted by Gasteiger charge is -2.35. The Morgan fingerprint density at radius 1 is 1.30 bits per heavy atom. The molecule has 2 rings (SSSR count).